The van der Waals surface area contributed by atoms with Gasteiger partial charge in [0, 0.05) is 11.3 Å². The summed E-state index contributed by atoms with van der Waals surface area (Å²) in [5, 5.41) is 5.62. The van der Waals surface area contributed by atoms with Gasteiger partial charge >= 0.3 is 12.0 Å². The number of benzene rings is 1. The van der Waals surface area contributed by atoms with E-state index >= 15 is 0 Å². The molecular formula is C20H28N2O4. The average Bonchev–Trinajstić information content (AvgIpc) is 2.53. The molecule has 2 N–H and O–H groups in total. The summed E-state index contributed by atoms with van der Waals surface area (Å²) in [6.07, 6.45) is 1.10. The molecule has 0 aliphatic carbocycles. The van der Waals surface area contributed by atoms with Crippen LogP contribution in [0.4, 0.5) is 4.79 Å². The van der Waals surface area contributed by atoms with Crippen molar-refractivity contribution in [2.75, 3.05) is 0 Å². The third kappa shape index (κ3) is 4.77. The normalized spacial score (nSPS) is 17.2. The van der Waals surface area contributed by atoms with Crippen molar-refractivity contribution < 1.29 is 19.1 Å². The van der Waals surface area contributed by atoms with Crippen LogP contribution in [0.2, 0.25) is 0 Å². The molecule has 0 fully saturated rings. The summed E-state index contributed by atoms with van der Waals surface area (Å²) in [4.78, 5) is 25.0. The van der Waals surface area contributed by atoms with Crippen molar-refractivity contribution in [1.29, 1.82) is 0 Å². The topological polar surface area (TPSA) is 76.7 Å². The molecule has 26 heavy (non-hydrogen) atoms. The fraction of sp³-hybridized carbons (Fsp3) is 0.500. The highest BCUT2D eigenvalue weighted by molar-refractivity contribution is 5.95. The smallest absolute Gasteiger partial charge is 0.338 e. The molecule has 1 unspecified atom stereocenters. The largest absolute Gasteiger partial charge is 0.491 e. The van der Waals surface area contributed by atoms with E-state index in [0.717, 1.165) is 12.0 Å². The van der Waals surface area contributed by atoms with Crippen LogP contribution in [0.3, 0.4) is 0 Å². The highest BCUT2D eigenvalue weighted by atomic mass is 16.5. The number of urea groups is 1. The number of esters is 1. The number of carbonyl (C=O) groups is 2. The SMILES string of the molecule is CCCC1=C(C(=O)OC(C)C)C(c2ccccc2OC(C)C)NC(=O)N1. The molecule has 0 radical (unpaired) electrons. The molecule has 1 atom stereocenters. The summed E-state index contributed by atoms with van der Waals surface area (Å²) in [6.45, 7) is 9.47. The van der Waals surface area contributed by atoms with Crippen LogP contribution < -0.4 is 15.4 Å². The van der Waals surface area contributed by atoms with Gasteiger partial charge in [0.15, 0.2) is 0 Å². The molecule has 1 aliphatic heterocycles. The maximum absolute atomic E-state index is 12.8. The van der Waals surface area contributed by atoms with E-state index in [0.29, 0.717) is 23.4 Å². The Bertz CT molecular complexity index is 695. The number of carbonyl (C=O) groups excluding carboxylic acids is 2. The van der Waals surface area contributed by atoms with Gasteiger partial charge in [-0.1, -0.05) is 31.5 Å². The molecule has 1 aromatic carbocycles. The second kappa shape index (κ2) is 8.74. The van der Waals surface area contributed by atoms with Crippen LogP contribution in [-0.2, 0) is 9.53 Å². The maximum atomic E-state index is 12.8. The molecule has 0 aromatic heterocycles. The van der Waals surface area contributed by atoms with Crippen molar-refractivity contribution in [1.82, 2.24) is 10.6 Å². The maximum Gasteiger partial charge on any atom is 0.338 e. The number of hydrogen-bond acceptors (Lipinski definition) is 4. The van der Waals surface area contributed by atoms with Crippen LogP contribution in [-0.4, -0.2) is 24.2 Å². The Morgan fingerprint density at radius 3 is 2.46 bits per heavy atom. The second-order valence-corrected chi connectivity index (χ2v) is 6.83. The molecule has 0 saturated heterocycles. The molecule has 1 heterocycles. The van der Waals surface area contributed by atoms with E-state index in [-0.39, 0.29) is 18.2 Å². The Labute approximate surface area is 154 Å². The summed E-state index contributed by atoms with van der Waals surface area (Å²) >= 11 is 0. The van der Waals surface area contributed by atoms with Gasteiger partial charge < -0.3 is 20.1 Å². The first-order valence-corrected chi connectivity index (χ1v) is 9.10. The Kier molecular flexibility index (Phi) is 6.66. The van der Waals surface area contributed by atoms with Gasteiger partial charge in [0.2, 0.25) is 0 Å². The molecule has 0 saturated carbocycles. The minimum absolute atomic E-state index is 0.0290. The van der Waals surface area contributed by atoms with Gasteiger partial charge in [0.05, 0.1) is 23.8 Å². The van der Waals surface area contributed by atoms with Crippen LogP contribution in [0.5, 0.6) is 5.75 Å². The minimum Gasteiger partial charge on any atom is -0.491 e. The van der Waals surface area contributed by atoms with Gasteiger partial charge in [-0.05, 0) is 40.2 Å². The third-order valence-corrected chi connectivity index (χ3v) is 3.81. The van der Waals surface area contributed by atoms with E-state index < -0.39 is 12.0 Å². The van der Waals surface area contributed by atoms with Crippen LogP contribution in [0, 0.1) is 0 Å². The lowest BCUT2D eigenvalue weighted by Crippen LogP contribution is -2.46. The standard InChI is InChI=1S/C20H28N2O4/c1-6-9-15-17(19(23)26-13(4)5)18(22-20(24)21-15)14-10-7-8-11-16(14)25-12(2)3/h7-8,10-13,18H,6,9H2,1-5H3,(H2,21,22,24). The summed E-state index contributed by atoms with van der Waals surface area (Å²) in [5.74, 6) is 0.209. The van der Waals surface area contributed by atoms with E-state index in [9.17, 15) is 9.59 Å². The quantitative estimate of drug-likeness (QED) is 0.725. The predicted molar refractivity (Wildman–Crippen MR) is 99.8 cm³/mol. The Balaban J connectivity index is 2.54. The molecule has 1 aromatic rings. The number of allylic oxidation sites excluding steroid dienone is 1. The summed E-state index contributed by atoms with van der Waals surface area (Å²) in [5.41, 5.74) is 1.77. The van der Waals surface area contributed by atoms with Crippen molar-refractivity contribution in [2.24, 2.45) is 0 Å². The molecule has 2 amide bonds. The Morgan fingerprint density at radius 1 is 1.15 bits per heavy atom. The average molecular weight is 360 g/mol. The van der Waals surface area contributed by atoms with E-state index in [4.69, 9.17) is 9.47 Å². The first-order valence-electron chi connectivity index (χ1n) is 9.10. The molecule has 6 heteroatoms. The number of para-hydroxylation sites is 1. The fourth-order valence-electron chi connectivity index (χ4n) is 2.90. The Morgan fingerprint density at radius 2 is 1.85 bits per heavy atom. The van der Waals surface area contributed by atoms with Crippen LogP contribution in [0.1, 0.15) is 59.1 Å². The summed E-state index contributed by atoms with van der Waals surface area (Å²) in [7, 11) is 0. The first kappa shape index (κ1) is 19.8. The third-order valence-electron chi connectivity index (χ3n) is 3.81. The van der Waals surface area contributed by atoms with Crippen LogP contribution in [0.25, 0.3) is 0 Å². The molecule has 6 nitrogen and oxygen atoms in total. The van der Waals surface area contributed by atoms with E-state index in [1.165, 1.54) is 0 Å². The predicted octanol–water partition coefficient (Wildman–Crippen LogP) is 3.83. The van der Waals surface area contributed by atoms with Crippen LogP contribution in [0.15, 0.2) is 35.5 Å². The Hall–Kier alpha value is -2.50. The van der Waals surface area contributed by atoms with Gasteiger partial charge in [-0.25, -0.2) is 9.59 Å². The molecule has 2 rings (SSSR count). The fourth-order valence-corrected chi connectivity index (χ4v) is 2.90. The number of nitrogens with one attached hydrogen (secondary N) is 2. The number of amides is 2. The van der Waals surface area contributed by atoms with Gasteiger partial charge in [0.1, 0.15) is 5.75 Å². The number of ether oxygens (including phenoxy) is 2. The zero-order chi connectivity index (χ0) is 19.3. The molecule has 0 spiro atoms. The molecular weight excluding hydrogens is 332 g/mol. The van der Waals surface area contributed by atoms with Crippen molar-refractivity contribution in [3.05, 3.63) is 41.1 Å². The first-order chi connectivity index (χ1) is 12.3. The highest BCUT2D eigenvalue weighted by Gasteiger charge is 2.35. The van der Waals surface area contributed by atoms with Crippen molar-refractivity contribution in [2.45, 2.75) is 65.7 Å². The van der Waals surface area contributed by atoms with Crippen molar-refractivity contribution in [3.63, 3.8) is 0 Å². The minimum atomic E-state index is -0.619. The molecule has 0 bridgehead atoms. The number of hydrogen-bond donors (Lipinski definition) is 2. The lowest BCUT2D eigenvalue weighted by molar-refractivity contribution is -0.143. The number of rotatable bonds is 7. The van der Waals surface area contributed by atoms with E-state index in [1.54, 1.807) is 13.8 Å². The molecule has 142 valence electrons. The second-order valence-electron chi connectivity index (χ2n) is 6.83. The summed E-state index contributed by atoms with van der Waals surface area (Å²) in [6, 6.07) is 6.48. The zero-order valence-corrected chi connectivity index (χ0v) is 16.1. The van der Waals surface area contributed by atoms with Gasteiger partial charge in [-0.3, -0.25) is 0 Å². The molecule has 1 aliphatic rings. The van der Waals surface area contributed by atoms with Crippen molar-refractivity contribution in [3.8, 4) is 5.75 Å². The lowest BCUT2D eigenvalue weighted by atomic mass is 9.93. The van der Waals surface area contributed by atoms with Crippen molar-refractivity contribution >= 4 is 12.0 Å². The lowest BCUT2D eigenvalue weighted by Gasteiger charge is -2.31. The van der Waals surface area contributed by atoms with E-state index in [2.05, 4.69) is 10.6 Å². The monoisotopic (exact) mass is 360 g/mol. The van der Waals surface area contributed by atoms with Crippen LogP contribution >= 0.6 is 0 Å². The highest BCUT2D eigenvalue weighted by Crippen LogP contribution is 2.35. The van der Waals surface area contributed by atoms with Gasteiger partial charge in [-0.2, -0.15) is 0 Å². The van der Waals surface area contributed by atoms with Gasteiger partial charge in [-0.15, -0.1) is 0 Å². The zero-order valence-electron chi connectivity index (χ0n) is 16.1. The van der Waals surface area contributed by atoms with Gasteiger partial charge in [0.25, 0.3) is 0 Å². The summed E-state index contributed by atoms with van der Waals surface area (Å²) < 4.78 is 11.3. The van der Waals surface area contributed by atoms with E-state index in [1.807, 2.05) is 45.0 Å².